The third kappa shape index (κ3) is 2.40. The SMILES string of the molecule is O=C(CCl)N(O)c1ccc(F)cc1. The van der Waals surface area contributed by atoms with Crippen molar-refractivity contribution in [3.05, 3.63) is 30.1 Å². The smallest absolute Gasteiger partial charge is 0.265 e. The van der Waals surface area contributed by atoms with E-state index in [0.29, 0.717) is 5.06 Å². The number of hydrogen-bond acceptors (Lipinski definition) is 2. The fourth-order valence-corrected chi connectivity index (χ4v) is 0.896. The topological polar surface area (TPSA) is 40.5 Å². The van der Waals surface area contributed by atoms with Crippen LogP contribution in [0.2, 0.25) is 0 Å². The summed E-state index contributed by atoms with van der Waals surface area (Å²) in [6, 6.07) is 4.83. The molecule has 1 N–H and O–H groups in total. The largest absolute Gasteiger partial charge is 0.281 e. The maximum Gasteiger partial charge on any atom is 0.265 e. The van der Waals surface area contributed by atoms with Gasteiger partial charge in [-0.3, -0.25) is 10.0 Å². The van der Waals surface area contributed by atoms with Crippen molar-refractivity contribution in [3.63, 3.8) is 0 Å². The predicted octanol–water partition coefficient (Wildman–Crippen LogP) is 1.79. The lowest BCUT2D eigenvalue weighted by Gasteiger charge is -2.12. The Kier molecular flexibility index (Phi) is 3.22. The van der Waals surface area contributed by atoms with Crippen molar-refractivity contribution in [2.45, 2.75) is 0 Å². The lowest BCUT2D eigenvalue weighted by molar-refractivity contribution is -0.121. The van der Waals surface area contributed by atoms with Gasteiger partial charge in [0.1, 0.15) is 11.7 Å². The van der Waals surface area contributed by atoms with Gasteiger partial charge in [-0.15, -0.1) is 11.6 Å². The van der Waals surface area contributed by atoms with Crippen molar-refractivity contribution < 1.29 is 14.4 Å². The van der Waals surface area contributed by atoms with Gasteiger partial charge in [0, 0.05) is 0 Å². The van der Waals surface area contributed by atoms with Crippen molar-refractivity contribution in [1.29, 1.82) is 0 Å². The van der Waals surface area contributed by atoms with Gasteiger partial charge in [0.15, 0.2) is 0 Å². The lowest BCUT2D eigenvalue weighted by Crippen LogP contribution is -2.27. The molecule has 0 bridgehead atoms. The highest BCUT2D eigenvalue weighted by Crippen LogP contribution is 2.12. The summed E-state index contributed by atoms with van der Waals surface area (Å²) in [7, 11) is 0. The van der Waals surface area contributed by atoms with Crippen molar-refractivity contribution in [2.75, 3.05) is 10.9 Å². The molecule has 0 saturated heterocycles. The Morgan fingerprint density at radius 2 is 2.00 bits per heavy atom. The number of hydrogen-bond donors (Lipinski definition) is 1. The number of nitrogens with zero attached hydrogens (tertiary/aromatic N) is 1. The first kappa shape index (κ1) is 9.95. The van der Waals surface area contributed by atoms with Crippen LogP contribution in [0.15, 0.2) is 24.3 Å². The van der Waals surface area contributed by atoms with Crippen LogP contribution >= 0.6 is 11.6 Å². The normalized spacial score (nSPS) is 9.77. The molecule has 0 aromatic heterocycles. The Morgan fingerprint density at radius 1 is 1.46 bits per heavy atom. The summed E-state index contributed by atoms with van der Waals surface area (Å²) in [4.78, 5) is 10.8. The molecular formula is C8H7ClFNO2. The van der Waals surface area contributed by atoms with Crippen LogP contribution in [-0.4, -0.2) is 17.0 Å². The molecule has 1 aromatic rings. The van der Waals surface area contributed by atoms with Gasteiger partial charge in [-0.05, 0) is 24.3 Å². The molecule has 0 aliphatic carbocycles. The van der Waals surface area contributed by atoms with E-state index in [9.17, 15) is 9.18 Å². The Morgan fingerprint density at radius 3 is 2.46 bits per heavy atom. The minimum absolute atomic E-state index is 0.187. The van der Waals surface area contributed by atoms with Crippen molar-refractivity contribution in [1.82, 2.24) is 0 Å². The first-order chi connectivity index (χ1) is 6.15. The predicted molar refractivity (Wildman–Crippen MR) is 46.4 cm³/mol. The van der Waals surface area contributed by atoms with Crippen LogP contribution in [0.4, 0.5) is 10.1 Å². The van der Waals surface area contributed by atoms with Gasteiger partial charge in [-0.2, -0.15) is 5.06 Å². The Balaban J connectivity index is 2.83. The van der Waals surface area contributed by atoms with Gasteiger partial charge >= 0.3 is 0 Å². The van der Waals surface area contributed by atoms with Crippen LogP contribution in [0, 0.1) is 5.82 Å². The first-order valence-corrected chi connectivity index (χ1v) is 4.02. The minimum atomic E-state index is -0.659. The Bertz CT molecular complexity index is 302. The van der Waals surface area contributed by atoms with E-state index in [0.717, 1.165) is 12.1 Å². The van der Waals surface area contributed by atoms with E-state index < -0.39 is 11.7 Å². The highest BCUT2D eigenvalue weighted by atomic mass is 35.5. The zero-order valence-corrected chi connectivity index (χ0v) is 7.33. The van der Waals surface area contributed by atoms with E-state index in [1.807, 2.05) is 0 Å². The molecule has 0 aliphatic rings. The molecule has 0 radical (unpaired) electrons. The van der Waals surface area contributed by atoms with Crippen molar-refractivity contribution >= 4 is 23.2 Å². The molecule has 0 atom stereocenters. The van der Waals surface area contributed by atoms with E-state index in [1.165, 1.54) is 12.1 Å². The molecule has 0 fully saturated rings. The Labute approximate surface area is 79.3 Å². The van der Waals surface area contributed by atoms with Gasteiger partial charge in [0.05, 0.1) is 5.69 Å². The highest BCUT2D eigenvalue weighted by molar-refractivity contribution is 6.29. The average Bonchev–Trinajstić information content (AvgIpc) is 2.17. The summed E-state index contributed by atoms with van der Waals surface area (Å²) in [6.45, 7) is 0. The number of carbonyl (C=O) groups excluding carboxylic acids is 1. The monoisotopic (exact) mass is 203 g/mol. The molecule has 0 unspecified atom stereocenters. The summed E-state index contributed by atoms with van der Waals surface area (Å²) in [5.41, 5.74) is 0.187. The maximum absolute atomic E-state index is 12.4. The summed E-state index contributed by atoms with van der Waals surface area (Å²) in [5, 5.41) is 9.54. The zero-order valence-electron chi connectivity index (χ0n) is 6.58. The maximum atomic E-state index is 12.4. The molecule has 70 valence electrons. The second-order valence-electron chi connectivity index (χ2n) is 2.32. The van der Waals surface area contributed by atoms with Crippen LogP contribution in [0.5, 0.6) is 0 Å². The number of alkyl halides is 1. The molecule has 5 heteroatoms. The van der Waals surface area contributed by atoms with E-state index in [-0.39, 0.29) is 11.6 Å². The molecule has 1 rings (SSSR count). The van der Waals surface area contributed by atoms with Gasteiger partial charge in [-0.25, -0.2) is 4.39 Å². The van der Waals surface area contributed by atoms with Crippen LogP contribution in [0.25, 0.3) is 0 Å². The minimum Gasteiger partial charge on any atom is -0.281 e. The molecule has 0 spiro atoms. The number of halogens is 2. The summed E-state index contributed by atoms with van der Waals surface area (Å²) >= 11 is 5.20. The molecule has 1 amide bonds. The fourth-order valence-electron chi connectivity index (χ4n) is 0.783. The van der Waals surface area contributed by atoms with Gasteiger partial charge in [0.25, 0.3) is 5.91 Å². The van der Waals surface area contributed by atoms with E-state index in [2.05, 4.69) is 0 Å². The zero-order chi connectivity index (χ0) is 9.84. The van der Waals surface area contributed by atoms with Crippen molar-refractivity contribution in [2.24, 2.45) is 0 Å². The van der Waals surface area contributed by atoms with E-state index in [1.54, 1.807) is 0 Å². The fraction of sp³-hybridized carbons (Fsp3) is 0.125. The van der Waals surface area contributed by atoms with Gasteiger partial charge in [0.2, 0.25) is 0 Å². The van der Waals surface area contributed by atoms with Gasteiger partial charge in [-0.1, -0.05) is 0 Å². The quantitative estimate of drug-likeness (QED) is 0.452. The summed E-state index contributed by atoms with van der Waals surface area (Å²) < 4.78 is 12.4. The van der Waals surface area contributed by atoms with Crippen LogP contribution in [0.3, 0.4) is 0 Å². The molecular weight excluding hydrogens is 197 g/mol. The molecule has 1 aromatic carbocycles. The van der Waals surface area contributed by atoms with Crippen LogP contribution in [-0.2, 0) is 4.79 Å². The number of carbonyl (C=O) groups is 1. The number of anilines is 1. The molecule has 13 heavy (non-hydrogen) atoms. The molecule has 3 nitrogen and oxygen atoms in total. The van der Waals surface area contributed by atoms with Crippen molar-refractivity contribution in [3.8, 4) is 0 Å². The number of amides is 1. The third-order valence-electron chi connectivity index (χ3n) is 1.42. The first-order valence-electron chi connectivity index (χ1n) is 3.48. The molecule has 0 saturated carbocycles. The van der Waals surface area contributed by atoms with Gasteiger partial charge < -0.3 is 0 Å². The Hall–Kier alpha value is -1.13. The second-order valence-corrected chi connectivity index (χ2v) is 2.58. The van der Waals surface area contributed by atoms with E-state index in [4.69, 9.17) is 16.8 Å². The standard InChI is InChI=1S/C8H7ClFNO2/c9-5-8(12)11(13)7-3-1-6(10)2-4-7/h1-4,13H,5H2. The summed E-state index contributed by atoms with van der Waals surface area (Å²) in [5.74, 6) is -1.42. The number of rotatable bonds is 2. The van der Waals surface area contributed by atoms with Crippen LogP contribution < -0.4 is 5.06 Å². The highest BCUT2D eigenvalue weighted by Gasteiger charge is 2.10. The molecule has 0 aliphatic heterocycles. The average molecular weight is 204 g/mol. The number of benzene rings is 1. The number of hydroxylamine groups is 1. The third-order valence-corrected chi connectivity index (χ3v) is 1.65. The molecule has 0 heterocycles. The second kappa shape index (κ2) is 4.20. The summed E-state index contributed by atoms with van der Waals surface area (Å²) in [6.07, 6.45) is 0. The van der Waals surface area contributed by atoms with E-state index >= 15 is 0 Å². The lowest BCUT2D eigenvalue weighted by atomic mass is 10.3. The van der Waals surface area contributed by atoms with Crippen LogP contribution in [0.1, 0.15) is 0 Å².